The van der Waals surface area contributed by atoms with Crippen LogP contribution in [0.4, 0.5) is 34.8 Å². The number of rotatable bonds is 5. The fourth-order valence-electron chi connectivity index (χ4n) is 4.35. The van der Waals surface area contributed by atoms with Gasteiger partial charge < -0.3 is 20.4 Å². The molecule has 0 unspecified atom stereocenters. The summed E-state index contributed by atoms with van der Waals surface area (Å²) in [5, 5.41) is 5.25. The van der Waals surface area contributed by atoms with Gasteiger partial charge >= 0.3 is 6.18 Å². The molecule has 4 rings (SSSR count). The Balaban J connectivity index is 1.58. The minimum Gasteiger partial charge on any atom is -0.371 e. The van der Waals surface area contributed by atoms with Gasteiger partial charge in [-0.05, 0) is 81.5 Å². The Hall–Kier alpha value is -3.70. The summed E-state index contributed by atoms with van der Waals surface area (Å²) < 4.78 is 56.2. The third-order valence-corrected chi connectivity index (χ3v) is 6.51. The van der Waals surface area contributed by atoms with E-state index in [9.17, 15) is 27.2 Å². The summed E-state index contributed by atoms with van der Waals surface area (Å²) in [5.41, 5.74) is -1.49. The summed E-state index contributed by atoms with van der Waals surface area (Å²) in [6.07, 6.45) is -1.98. The predicted molar refractivity (Wildman–Crippen MR) is 142 cm³/mol. The molecule has 2 aromatic carbocycles. The second-order valence-corrected chi connectivity index (χ2v) is 9.62. The molecule has 2 amide bonds. The number of amides is 2. The molecule has 1 fully saturated rings. The van der Waals surface area contributed by atoms with Crippen LogP contribution in [0.5, 0.6) is 0 Å². The van der Waals surface area contributed by atoms with Gasteiger partial charge in [-0.1, -0.05) is 11.6 Å². The first-order chi connectivity index (χ1) is 18.5. The second-order valence-electron chi connectivity index (χ2n) is 9.19. The van der Waals surface area contributed by atoms with Crippen molar-refractivity contribution in [2.24, 2.45) is 0 Å². The zero-order chi connectivity index (χ0) is 28.2. The molecule has 0 atom stereocenters. The lowest BCUT2D eigenvalue weighted by Gasteiger charge is -2.32. The molecule has 206 valence electrons. The fraction of sp³-hybridized carbons (Fsp3) is 0.296. The molecule has 1 aliphatic rings. The Morgan fingerprint density at radius 1 is 0.923 bits per heavy atom. The van der Waals surface area contributed by atoms with Gasteiger partial charge in [0, 0.05) is 30.5 Å². The van der Waals surface area contributed by atoms with Gasteiger partial charge in [-0.3, -0.25) is 9.59 Å². The van der Waals surface area contributed by atoms with Crippen molar-refractivity contribution >= 4 is 40.6 Å². The summed E-state index contributed by atoms with van der Waals surface area (Å²) >= 11 is 5.79. The topological polar surface area (TPSA) is 77.6 Å². The van der Waals surface area contributed by atoms with Crippen molar-refractivity contribution in [3.05, 3.63) is 82.3 Å². The molecule has 7 nitrogen and oxygen atoms in total. The minimum atomic E-state index is -4.70. The van der Waals surface area contributed by atoms with E-state index in [1.54, 1.807) is 4.90 Å². The van der Waals surface area contributed by atoms with Crippen LogP contribution in [0.2, 0.25) is 5.02 Å². The largest absolute Gasteiger partial charge is 0.418 e. The number of alkyl halides is 3. The molecule has 0 bridgehead atoms. The molecular formula is C27H26ClF4N5O2. The van der Waals surface area contributed by atoms with Crippen molar-refractivity contribution in [3.8, 4) is 0 Å². The summed E-state index contributed by atoms with van der Waals surface area (Å²) in [7, 11) is 1.98. The van der Waals surface area contributed by atoms with Gasteiger partial charge in [0.15, 0.2) is 0 Å². The molecule has 2 heterocycles. The maximum Gasteiger partial charge on any atom is 0.418 e. The first kappa shape index (κ1) is 28.3. The van der Waals surface area contributed by atoms with Crippen molar-refractivity contribution < 1.29 is 27.2 Å². The molecule has 12 heteroatoms. The van der Waals surface area contributed by atoms with E-state index in [1.807, 2.05) is 7.05 Å². The molecule has 1 aliphatic heterocycles. The molecule has 1 aromatic heterocycles. The zero-order valence-corrected chi connectivity index (χ0v) is 21.7. The van der Waals surface area contributed by atoms with Crippen molar-refractivity contribution in [3.63, 3.8) is 0 Å². The van der Waals surface area contributed by atoms with Crippen LogP contribution in [0.1, 0.15) is 39.1 Å². The highest BCUT2D eigenvalue weighted by Gasteiger charge is 2.36. The van der Waals surface area contributed by atoms with Crippen LogP contribution in [0.15, 0.2) is 54.7 Å². The van der Waals surface area contributed by atoms with Gasteiger partial charge in [0.05, 0.1) is 21.8 Å². The van der Waals surface area contributed by atoms with E-state index in [-0.39, 0.29) is 28.3 Å². The predicted octanol–water partition coefficient (Wildman–Crippen LogP) is 5.93. The number of benzene rings is 2. The highest BCUT2D eigenvalue weighted by atomic mass is 35.5. The normalized spacial score (nSPS) is 14.9. The first-order valence-corrected chi connectivity index (χ1v) is 12.6. The highest BCUT2D eigenvalue weighted by Crippen LogP contribution is 2.38. The third kappa shape index (κ3) is 7.24. The lowest BCUT2D eigenvalue weighted by Crippen LogP contribution is -2.36. The monoisotopic (exact) mass is 563 g/mol. The number of nitrogens with zero attached hydrogens (tertiary/aromatic N) is 3. The SMILES string of the molecule is CN1CCCN(c2ccc(C(=O)Nc3ccc(F)cc3C(=O)Nc3ccc(Cl)cn3)cc2C(F)(F)F)CCC1. The molecule has 2 N–H and O–H groups in total. The van der Waals surface area contributed by atoms with Crippen LogP contribution in [-0.4, -0.2) is 54.9 Å². The van der Waals surface area contributed by atoms with E-state index in [2.05, 4.69) is 20.5 Å². The number of hydrogen-bond donors (Lipinski definition) is 2. The molecular weight excluding hydrogens is 538 g/mol. The Bertz CT molecular complexity index is 1340. The van der Waals surface area contributed by atoms with Crippen LogP contribution in [0.3, 0.4) is 0 Å². The summed E-state index contributed by atoms with van der Waals surface area (Å²) in [5.74, 6) is -2.28. The Labute approximate surface area is 227 Å². The first-order valence-electron chi connectivity index (χ1n) is 12.2. The van der Waals surface area contributed by atoms with Gasteiger partial charge in [-0.15, -0.1) is 0 Å². The molecule has 0 radical (unpaired) electrons. The van der Waals surface area contributed by atoms with Crippen LogP contribution in [0.25, 0.3) is 0 Å². The smallest absolute Gasteiger partial charge is 0.371 e. The number of halogens is 5. The average molecular weight is 564 g/mol. The number of aromatic nitrogens is 1. The van der Waals surface area contributed by atoms with E-state index < -0.39 is 29.4 Å². The van der Waals surface area contributed by atoms with E-state index in [0.29, 0.717) is 31.0 Å². The number of pyridine rings is 1. The Morgan fingerprint density at radius 2 is 1.64 bits per heavy atom. The standard InChI is InChI=1S/C27H26ClF4N5O2/c1-36-10-2-12-37(13-3-11-36)23-8-4-17(14-21(23)27(30,31)32)25(38)34-22-7-6-19(29)15-20(22)26(39)35-24-9-5-18(28)16-33-24/h4-9,14-16H,2-3,10-13H2,1H3,(H,34,38)(H,33,35,39). The van der Waals surface area contributed by atoms with Gasteiger partial charge in [0.25, 0.3) is 11.8 Å². The summed E-state index contributed by atoms with van der Waals surface area (Å²) in [6, 6.07) is 9.43. The Morgan fingerprint density at radius 3 is 2.28 bits per heavy atom. The van der Waals surface area contributed by atoms with Crippen LogP contribution >= 0.6 is 11.6 Å². The van der Waals surface area contributed by atoms with Crippen molar-refractivity contribution in [2.75, 3.05) is 48.8 Å². The number of carbonyl (C=O) groups is 2. The van der Waals surface area contributed by atoms with Crippen molar-refractivity contribution in [1.82, 2.24) is 9.88 Å². The van der Waals surface area contributed by atoms with Gasteiger partial charge in [-0.25, -0.2) is 9.37 Å². The fourth-order valence-corrected chi connectivity index (χ4v) is 4.46. The van der Waals surface area contributed by atoms with E-state index in [0.717, 1.165) is 37.4 Å². The highest BCUT2D eigenvalue weighted by molar-refractivity contribution is 6.30. The maximum atomic E-state index is 14.1. The van der Waals surface area contributed by atoms with Gasteiger partial charge in [-0.2, -0.15) is 13.2 Å². The maximum absolute atomic E-state index is 14.1. The van der Waals surface area contributed by atoms with Crippen molar-refractivity contribution in [1.29, 1.82) is 0 Å². The molecule has 0 aliphatic carbocycles. The second kappa shape index (κ2) is 12.0. The summed E-state index contributed by atoms with van der Waals surface area (Å²) in [4.78, 5) is 33.6. The Kier molecular flexibility index (Phi) is 8.71. The summed E-state index contributed by atoms with van der Waals surface area (Å²) in [6.45, 7) is 2.46. The molecule has 0 saturated carbocycles. The molecule has 1 saturated heterocycles. The van der Waals surface area contributed by atoms with E-state index in [1.165, 1.54) is 30.5 Å². The van der Waals surface area contributed by atoms with Crippen molar-refractivity contribution in [2.45, 2.75) is 19.0 Å². The van der Waals surface area contributed by atoms with E-state index >= 15 is 0 Å². The lowest BCUT2D eigenvalue weighted by atomic mass is 10.0. The van der Waals surface area contributed by atoms with Gasteiger partial charge in [0.1, 0.15) is 11.6 Å². The quantitative estimate of drug-likeness (QED) is 0.376. The van der Waals surface area contributed by atoms with Crippen LogP contribution < -0.4 is 15.5 Å². The van der Waals surface area contributed by atoms with E-state index in [4.69, 9.17) is 11.6 Å². The zero-order valence-electron chi connectivity index (χ0n) is 21.0. The van der Waals surface area contributed by atoms with Crippen LogP contribution in [0, 0.1) is 5.82 Å². The minimum absolute atomic E-state index is 0.0147. The molecule has 0 spiro atoms. The number of carbonyl (C=O) groups excluding carboxylic acids is 2. The van der Waals surface area contributed by atoms with Gasteiger partial charge in [0.2, 0.25) is 0 Å². The molecule has 39 heavy (non-hydrogen) atoms. The number of anilines is 3. The molecule has 3 aromatic rings. The number of hydrogen-bond acceptors (Lipinski definition) is 5. The lowest BCUT2D eigenvalue weighted by molar-refractivity contribution is -0.137. The van der Waals surface area contributed by atoms with Crippen LogP contribution in [-0.2, 0) is 6.18 Å². The number of nitrogens with one attached hydrogen (secondary N) is 2. The average Bonchev–Trinajstić information content (AvgIpc) is 2.87. The third-order valence-electron chi connectivity index (χ3n) is 6.28.